The van der Waals surface area contributed by atoms with Crippen LogP contribution in [0.25, 0.3) is 0 Å². The third kappa shape index (κ3) is 2.96. The average molecular weight is 212 g/mol. The molecule has 0 N–H and O–H groups in total. The van der Waals surface area contributed by atoms with E-state index in [1.54, 1.807) is 0 Å². The van der Waals surface area contributed by atoms with Crippen molar-refractivity contribution in [3.05, 3.63) is 0 Å². The Morgan fingerprint density at radius 3 is 2.33 bits per heavy atom. The summed E-state index contributed by atoms with van der Waals surface area (Å²) < 4.78 is 5.84. The number of rotatable bonds is 4. The lowest BCUT2D eigenvalue weighted by Crippen LogP contribution is -2.40. The second-order valence-corrected chi connectivity index (χ2v) is 5.86. The molecular weight excluding hydrogens is 184 g/mol. The van der Waals surface area contributed by atoms with Crippen molar-refractivity contribution in [1.82, 2.24) is 0 Å². The van der Waals surface area contributed by atoms with Gasteiger partial charge in [-0.25, -0.2) is 0 Å². The maximum absolute atomic E-state index is 5.84. The Kier molecular flexibility index (Phi) is 4.64. The summed E-state index contributed by atoms with van der Waals surface area (Å²) in [6.45, 7) is 13.6. The van der Waals surface area contributed by atoms with Crippen LogP contribution in [0.4, 0.5) is 0 Å². The van der Waals surface area contributed by atoms with Crippen molar-refractivity contribution in [3.63, 3.8) is 0 Å². The number of hydrogen-bond donors (Lipinski definition) is 0. The van der Waals surface area contributed by atoms with E-state index in [4.69, 9.17) is 4.74 Å². The van der Waals surface area contributed by atoms with Crippen molar-refractivity contribution < 1.29 is 4.74 Å². The molecule has 0 saturated carbocycles. The van der Waals surface area contributed by atoms with Gasteiger partial charge in [0, 0.05) is 6.61 Å². The van der Waals surface area contributed by atoms with Crippen molar-refractivity contribution in [1.29, 1.82) is 0 Å². The molecule has 0 amide bonds. The Bertz CT molecular complexity index is 184. The summed E-state index contributed by atoms with van der Waals surface area (Å²) in [5, 5.41) is 0. The summed E-state index contributed by atoms with van der Waals surface area (Å²) in [5.74, 6) is 2.39. The number of hydrogen-bond acceptors (Lipinski definition) is 1. The lowest BCUT2D eigenvalue weighted by Gasteiger charge is -2.43. The van der Waals surface area contributed by atoms with Gasteiger partial charge in [0.1, 0.15) is 0 Å². The van der Waals surface area contributed by atoms with Gasteiger partial charge in [0.15, 0.2) is 0 Å². The predicted molar refractivity (Wildman–Crippen MR) is 65.9 cm³/mol. The van der Waals surface area contributed by atoms with E-state index in [1.165, 1.54) is 19.3 Å². The van der Waals surface area contributed by atoms with Crippen LogP contribution in [-0.4, -0.2) is 13.2 Å². The second-order valence-electron chi connectivity index (χ2n) is 5.86. The van der Waals surface area contributed by atoms with Gasteiger partial charge in [-0.2, -0.15) is 0 Å². The first-order chi connectivity index (χ1) is 7.03. The van der Waals surface area contributed by atoms with Crippen LogP contribution in [-0.2, 0) is 4.74 Å². The molecule has 0 aromatic carbocycles. The van der Waals surface area contributed by atoms with Crippen LogP contribution in [0.3, 0.4) is 0 Å². The standard InChI is InChI=1S/C14H28O/c1-6-12(7-2)13-8-14(5,11(3)4)10-15-9-13/h11-13H,6-10H2,1-5H3. The normalized spacial score (nSPS) is 32.6. The first-order valence-corrected chi connectivity index (χ1v) is 6.61. The van der Waals surface area contributed by atoms with Gasteiger partial charge < -0.3 is 4.74 Å². The molecule has 90 valence electrons. The molecule has 0 bridgehead atoms. The van der Waals surface area contributed by atoms with Gasteiger partial charge >= 0.3 is 0 Å². The summed E-state index contributed by atoms with van der Waals surface area (Å²) in [7, 11) is 0. The van der Waals surface area contributed by atoms with E-state index in [2.05, 4.69) is 34.6 Å². The SMILES string of the molecule is CCC(CC)C1COCC(C)(C(C)C)C1. The molecule has 0 spiro atoms. The molecule has 0 aliphatic carbocycles. The number of ether oxygens (including phenoxy) is 1. The van der Waals surface area contributed by atoms with E-state index in [0.29, 0.717) is 5.41 Å². The van der Waals surface area contributed by atoms with Gasteiger partial charge in [-0.1, -0.05) is 47.5 Å². The lowest BCUT2D eigenvalue weighted by molar-refractivity contribution is -0.0715. The molecule has 1 heterocycles. The Morgan fingerprint density at radius 2 is 1.87 bits per heavy atom. The summed E-state index contributed by atoms with van der Waals surface area (Å²) in [4.78, 5) is 0. The first-order valence-electron chi connectivity index (χ1n) is 6.61. The highest BCUT2D eigenvalue weighted by atomic mass is 16.5. The molecular formula is C14H28O. The fourth-order valence-corrected chi connectivity index (χ4v) is 2.82. The molecule has 1 nitrogen and oxygen atoms in total. The van der Waals surface area contributed by atoms with E-state index in [9.17, 15) is 0 Å². The third-order valence-electron chi connectivity index (χ3n) is 4.60. The molecule has 1 aliphatic heterocycles. The molecule has 1 fully saturated rings. The summed E-state index contributed by atoms with van der Waals surface area (Å²) >= 11 is 0. The molecule has 1 saturated heterocycles. The zero-order valence-electron chi connectivity index (χ0n) is 11.2. The van der Waals surface area contributed by atoms with Crippen LogP contribution in [0.15, 0.2) is 0 Å². The largest absolute Gasteiger partial charge is 0.381 e. The second kappa shape index (κ2) is 5.34. The molecule has 2 unspecified atom stereocenters. The molecule has 15 heavy (non-hydrogen) atoms. The molecule has 0 radical (unpaired) electrons. The Hall–Kier alpha value is -0.0400. The van der Waals surface area contributed by atoms with Crippen LogP contribution in [0.1, 0.15) is 53.9 Å². The molecule has 0 aromatic heterocycles. The van der Waals surface area contributed by atoms with Crippen molar-refractivity contribution in [2.45, 2.75) is 53.9 Å². The fourth-order valence-electron chi connectivity index (χ4n) is 2.82. The zero-order valence-corrected chi connectivity index (χ0v) is 11.2. The highest BCUT2D eigenvalue weighted by Crippen LogP contribution is 2.41. The summed E-state index contributed by atoms with van der Waals surface area (Å²) in [6, 6.07) is 0. The maximum Gasteiger partial charge on any atom is 0.0522 e. The smallest absolute Gasteiger partial charge is 0.0522 e. The predicted octanol–water partition coefficient (Wildman–Crippen LogP) is 4.12. The van der Waals surface area contributed by atoms with Crippen LogP contribution in [0, 0.1) is 23.2 Å². The fraction of sp³-hybridized carbons (Fsp3) is 1.00. The molecule has 1 rings (SSSR count). The van der Waals surface area contributed by atoms with E-state index < -0.39 is 0 Å². The maximum atomic E-state index is 5.84. The van der Waals surface area contributed by atoms with Crippen molar-refractivity contribution >= 4 is 0 Å². The van der Waals surface area contributed by atoms with Crippen molar-refractivity contribution in [2.24, 2.45) is 23.2 Å². The minimum Gasteiger partial charge on any atom is -0.381 e. The van der Waals surface area contributed by atoms with Gasteiger partial charge in [0.05, 0.1) is 6.61 Å². The Balaban J connectivity index is 2.62. The van der Waals surface area contributed by atoms with E-state index in [-0.39, 0.29) is 0 Å². The first kappa shape index (κ1) is 13.0. The van der Waals surface area contributed by atoms with Crippen LogP contribution >= 0.6 is 0 Å². The van der Waals surface area contributed by atoms with Crippen LogP contribution in [0.5, 0.6) is 0 Å². The zero-order chi connectivity index (χ0) is 11.5. The Morgan fingerprint density at radius 1 is 1.27 bits per heavy atom. The molecule has 0 aromatic rings. The van der Waals surface area contributed by atoms with Crippen molar-refractivity contribution in [3.8, 4) is 0 Å². The molecule has 1 aliphatic rings. The van der Waals surface area contributed by atoms with Crippen LogP contribution in [0.2, 0.25) is 0 Å². The topological polar surface area (TPSA) is 9.23 Å². The third-order valence-corrected chi connectivity index (χ3v) is 4.60. The van der Waals surface area contributed by atoms with Gasteiger partial charge in [0.2, 0.25) is 0 Å². The molecule has 1 heteroatoms. The van der Waals surface area contributed by atoms with Crippen LogP contribution < -0.4 is 0 Å². The molecule has 2 atom stereocenters. The van der Waals surface area contributed by atoms with Gasteiger partial charge in [-0.3, -0.25) is 0 Å². The summed E-state index contributed by atoms with van der Waals surface area (Å²) in [5.41, 5.74) is 0.408. The minimum atomic E-state index is 0.408. The van der Waals surface area contributed by atoms with Gasteiger partial charge in [-0.15, -0.1) is 0 Å². The highest BCUT2D eigenvalue weighted by Gasteiger charge is 2.37. The highest BCUT2D eigenvalue weighted by molar-refractivity contribution is 4.86. The minimum absolute atomic E-state index is 0.408. The van der Waals surface area contributed by atoms with Crippen molar-refractivity contribution in [2.75, 3.05) is 13.2 Å². The van der Waals surface area contributed by atoms with Gasteiger partial charge in [-0.05, 0) is 29.6 Å². The van der Waals surface area contributed by atoms with E-state index >= 15 is 0 Å². The summed E-state index contributed by atoms with van der Waals surface area (Å²) in [6.07, 6.45) is 3.97. The monoisotopic (exact) mass is 212 g/mol. The lowest BCUT2D eigenvalue weighted by atomic mass is 9.68. The van der Waals surface area contributed by atoms with Gasteiger partial charge in [0.25, 0.3) is 0 Å². The average Bonchev–Trinajstić information content (AvgIpc) is 2.19. The van der Waals surface area contributed by atoms with E-state index in [1.807, 2.05) is 0 Å². The van der Waals surface area contributed by atoms with E-state index in [0.717, 1.165) is 31.0 Å². The Labute approximate surface area is 95.6 Å². The quantitative estimate of drug-likeness (QED) is 0.681.